The Morgan fingerprint density at radius 2 is 0.628 bits per heavy atom. The molecule has 0 unspecified atom stereocenters. The zero-order chi connectivity index (χ0) is 58.1. The zero-order valence-corrected chi connectivity index (χ0v) is 51.3. The van der Waals surface area contributed by atoms with Crippen LogP contribution in [0.1, 0.15) is 27.7 Å². The molecule has 3 aliphatic rings. The van der Waals surface area contributed by atoms with Crippen LogP contribution in [0.15, 0.2) is 303 Å². The Bertz CT molecular complexity index is 4810. The molecule has 86 heavy (non-hydrogen) atoms. The fraction of sp³-hybridized carbons (Fsp3) is 0.0769. The molecule has 17 rings (SSSR count). The van der Waals surface area contributed by atoms with Crippen molar-refractivity contribution in [3.63, 3.8) is 0 Å². The van der Waals surface area contributed by atoms with Crippen molar-refractivity contribution in [1.82, 2.24) is 0 Å². The van der Waals surface area contributed by atoms with Gasteiger partial charge in [-0.2, -0.15) is 0 Å². The monoisotopic (exact) mass is 1210 g/mol. The Kier molecular flexibility index (Phi) is 13.9. The van der Waals surface area contributed by atoms with Crippen molar-refractivity contribution in [2.24, 2.45) is 0 Å². The summed E-state index contributed by atoms with van der Waals surface area (Å²) in [7, 11) is -0.343. The van der Waals surface area contributed by atoms with E-state index in [1.54, 1.807) is 0 Å². The van der Waals surface area contributed by atoms with Crippen LogP contribution in [0.5, 0.6) is 0 Å². The average molecular weight is 1210 g/mol. The van der Waals surface area contributed by atoms with Gasteiger partial charge in [-0.3, -0.25) is 0 Å². The number of halogens is 1. The molecule has 8 heteroatoms. The Morgan fingerprint density at radius 1 is 0.302 bits per heavy atom. The molecule has 0 amide bonds. The fourth-order valence-electron chi connectivity index (χ4n) is 12.5. The molecule has 3 heterocycles. The number of anilines is 6. The maximum absolute atomic E-state index is 6.28. The molecule has 414 valence electrons. The normalized spacial score (nSPS) is 14.5. The van der Waals surface area contributed by atoms with Crippen molar-refractivity contribution in [2.75, 3.05) is 9.80 Å². The minimum Gasteiger partial charge on any atom is -0.399 e. The van der Waals surface area contributed by atoms with Crippen molar-refractivity contribution >= 4 is 151 Å². The quantitative estimate of drug-likeness (QED) is 0.129. The fourth-order valence-corrected chi connectivity index (χ4v) is 15.0. The van der Waals surface area contributed by atoms with Gasteiger partial charge in [0.2, 0.25) is 0 Å². The molecule has 0 radical (unpaired) electrons. The molecule has 0 saturated carbocycles. The molecule has 1 saturated heterocycles. The molecule has 1 fully saturated rings. The summed E-state index contributed by atoms with van der Waals surface area (Å²) < 4.78 is 13.6. The Hall–Kier alpha value is -8.60. The summed E-state index contributed by atoms with van der Waals surface area (Å²) in [6.07, 6.45) is 0. The van der Waals surface area contributed by atoms with Crippen LogP contribution in [0.4, 0.5) is 34.1 Å². The Balaban J connectivity index is 0.000000115. The van der Waals surface area contributed by atoms with Gasteiger partial charge < -0.3 is 19.1 Å². The minimum absolute atomic E-state index is 0.335. The molecule has 0 atom stereocenters. The lowest BCUT2D eigenvalue weighted by atomic mass is 9.77. The highest BCUT2D eigenvalue weighted by Crippen LogP contribution is 2.53. The summed E-state index contributed by atoms with van der Waals surface area (Å²) in [6.45, 7) is 8.38. The van der Waals surface area contributed by atoms with Gasteiger partial charge in [0.25, 0.3) is 0 Å². The minimum atomic E-state index is -0.343. The van der Waals surface area contributed by atoms with Gasteiger partial charge in [-0.25, -0.2) is 0 Å². The van der Waals surface area contributed by atoms with Crippen molar-refractivity contribution in [3.05, 3.63) is 284 Å². The Morgan fingerprint density at radius 3 is 1.05 bits per heavy atom. The van der Waals surface area contributed by atoms with Crippen LogP contribution >= 0.6 is 39.5 Å². The third-order valence-electron chi connectivity index (χ3n) is 17.4. The third kappa shape index (κ3) is 9.61. The van der Waals surface area contributed by atoms with Crippen LogP contribution < -0.4 is 15.3 Å². The predicted octanol–water partition coefficient (Wildman–Crippen LogP) is 22.6. The van der Waals surface area contributed by atoms with Crippen LogP contribution in [-0.2, 0) is 9.31 Å². The first-order chi connectivity index (χ1) is 42.0. The molecule has 0 bridgehead atoms. The second-order valence-electron chi connectivity index (χ2n) is 23.1. The van der Waals surface area contributed by atoms with E-state index in [1.165, 1.54) is 129 Å². The van der Waals surface area contributed by atoms with E-state index in [4.69, 9.17) is 9.31 Å². The van der Waals surface area contributed by atoms with Gasteiger partial charge in [-0.15, -0.1) is 0 Å². The number of fused-ring (bicyclic) bond motifs is 16. The summed E-state index contributed by atoms with van der Waals surface area (Å²) >= 11 is 7.25. The van der Waals surface area contributed by atoms with Gasteiger partial charge in [-0.05, 0) is 194 Å². The first-order valence-electron chi connectivity index (χ1n) is 29.3. The van der Waals surface area contributed by atoms with Gasteiger partial charge in [0.15, 0.2) is 0 Å². The lowest BCUT2D eigenvalue weighted by molar-refractivity contribution is 0.00578. The molecule has 4 nitrogen and oxygen atoms in total. The summed E-state index contributed by atoms with van der Waals surface area (Å²) in [5, 5.41) is 15.5. The van der Waals surface area contributed by atoms with Crippen LogP contribution in [0.25, 0.3) is 75.8 Å². The molecule has 14 aromatic rings. The highest BCUT2D eigenvalue weighted by Gasteiger charge is 2.51. The van der Waals surface area contributed by atoms with Gasteiger partial charge in [0.1, 0.15) is 0 Å². The number of nitrogens with zero attached hydrogens (tertiary/aromatic N) is 2. The van der Waals surface area contributed by atoms with Gasteiger partial charge in [0, 0.05) is 35.4 Å². The average Bonchev–Trinajstić information content (AvgIpc) is 2.11. The third-order valence-corrected chi connectivity index (χ3v) is 20.2. The predicted molar refractivity (Wildman–Crippen MR) is 371 cm³/mol. The highest BCUT2D eigenvalue weighted by atomic mass is 79.9. The van der Waals surface area contributed by atoms with E-state index in [-0.39, 0.29) is 18.3 Å². The maximum Gasteiger partial charge on any atom is 0.494 e. The lowest BCUT2D eigenvalue weighted by Crippen LogP contribution is -2.41. The Labute approximate surface area is 519 Å². The molecule has 0 N–H and O–H groups in total. The molecular weight excluding hydrogens is 1150 g/mol. The molecule has 3 aliphatic heterocycles. The summed E-state index contributed by atoms with van der Waals surface area (Å²) in [6, 6.07) is 100. The number of para-hydroxylation sites is 4. The smallest absolute Gasteiger partial charge is 0.399 e. The van der Waals surface area contributed by atoms with Crippen LogP contribution in [-0.4, -0.2) is 18.3 Å². The number of rotatable bonds is 4. The maximum atomic E-state index is 6.28. The lowest BCUT2D eigenvalue weighted by Gasteiger charge is -2.33. The molecular formula is C78H58BBrN2O2S2. The first kappa shape index (κ1) is 54.1. The largest absolute Gasteiger partial charge is 0.494 e. The van der Waals surface area contributed by atoms with Gasteiger partial charge in [-0.1, -0.05) is 234 Å². The van der Waals surface area contributed by atoms with Crippen molar-refractivity contribution in [3.8, 4) is 11.1 Å². The number of hydrogen-bond acceptors (Lipinski definition) is 6. The van der Waals surface area contributed by atoms with Crippen molar-refractivity contribution in [1.29, 1.82) is 0 Å². The summed E-state index contributed by atoms with van der Waals surface area (Å²) in [5.41, 5.74) is 10.1. The summed E-state index contributed by atoms with van der Waals surface area (Å²) in [4.78, 5) is 9.86. The van der Waals surface area contributed by atoms with E-state index in [1.807, 2.05) is 23.5 Å². The standard InChI is InChI=1S/C36H23NS.C24H23BO2.C18H12BrNS/c1-2-14-29-27(12-1)28-13-3-4-15-30(28)32-23-25(20-21-31(29)32)24-10-9-11-26(22-24)37-33-16-5-7-18-35(33)38-36-19-8-6-17-34(36)37;1-23(2)24(3,4)27-25(26-23)16-13-14-21-19-11-6-5-9-17(19)18-10-7-8-12-20(18)22(21)15-16;19-13-6-5-7-14(12-13)20-15-8-1-3-10-17(15)21-18-11-4-2-9-16(18)20/h1-23H;5-15H,1-4H3;1-12H. The van der Waals surface area contributed by atoms with E-state index >= 15 is 0 Å². The van der Waals surface area contributed by atoms with E-state index in [2.05, 4.69) is 332 Å². The van der Waals surface area contributed by atoms with Crippen molar-refractivity contribution in [2.45, 2.75) is 58.5 Å². The van der Waals surface area contributed by atoms with Gasteiger partial charge >= 0.3 is 7.12 Å². The molecule has 0 aliphatic carbocycles. The zero-order valence-electron chi connectivity index (χ0n) is 48.0. The van der Waals surface area contributed by atoms with E-state index in [0.29, 0.717) is 0 Å². The summed E-state index contributed by atoms with van der Waals surface area (Å²) in [5.74, 6) is 0. The second-order valence-corrected chi connectivity index (χ2v) is 26.2. The SMILES string of the molecule is Brc1cccc(N2c3ccccc3Sc3ccccc32)c1.CC1(C)OB(c2ccc3c4ccccc4c4ccccc4c3c2)OC1(C)C.c1cc(-c2ccc3c4ccccc4c4ccccc4c3c2)cc(N2c3ccccc3Sc3ccccc32)c1. The van der Waals surface area contributed by atoms with Gasteiger partial charge in [0.05, 0.1) is 34.0 Å². The van der Waals surface area contributed by atoms with Crippen molar-refractivity contribution < 1.29 is 9.31 Å². The van der Waals surface area contributed by atoms with E-state index in [9.17, 15) is 0 Å². The molecule has 14 aromatic carbocycles. The number of hydrogen-bond donors (Lipinski definition) is 0. The van der Waals surface area contributed by atoms with Crippen LogP contribution in [0.3, 0.4) is 0 Å². The number of benzene rings is 14. The second kappa shape index (κ2) is 22.0. The topological polar surface area (TPSA) is 24.9 Å². The van der Waals surface area contributed by atoms with Crippen LogP contribution in [0.2, 0.25) is 0 Å². The van der Waals surface area contributed by atoms with E-state index < -0.39 is 0 Å². The highest BCUT2D eigenvalue weighted by molar-refractivity contribution is 9.10. The molecule has 0 aromatic heterocycles. The van der Waals surface area contributed by atoms with E-state index in [0.717, 1.165) is 9.94 Å². The molecule has 0 spiro atoms. The first-order valence-corrected chi connectivity index (χ1v) is 31.7. The van der Waals surface area contributed by atoms with Crippen LogP contribution in [0, 0.1) is 0 Å².